The van der Waals surface area contributed by atoms with E-state index in [0.29, 0.717) is 6.42 Å². The smallest absolute Gasteiger partial charge is 0.306 e. The third-order valence-electron chi connectivity index (χ3n) is 1.12. The van der Waals surface area contributed by atoms with Gasteiger partial charge in [0.25, 0.3) is 0 Å². The quantitative estimate of drug-likeness (QED) is 0.544. The lowest BCUT2D eigenvalue weighted by Gasteiger charge is -1.95. The van der Waals surface area contributed by atoms with E-state index < -0.39 is 0 Å². The van der Waals surface area contributed by atoms with Gasteiger partial charge in [-0.25, -0.2) is 0 Å². The van der Waals surface area contributed by atoms with E-state index in [0.717, 1.165) is 9.96 Å². The second-order valence-corrected chi connectivity index (χ2v) is 4.09. The molecule has 0 saturated carbocycles. The number of ether oxygens (including phenoxy) is 1. The van der Waals surface area contributed by atoms with Crippen LogP contribution in [0.1, 0.15) is 6.42 Å². The zero-order valence-corrected chi connectivity index (χ0v) is 8.15. The summed E-state index contributed by atoms with van der Waals surface area (Å²) in [6, 6.07) is 0. The second-order valence-electron chi connectivity index (χ2n) is 1.91. The highest BCUT2D eigenvalue weighted by Crippen LogP contribution is 2.20. The van der Waals surface area contributed by atoms with Crippen LogP contribution in [-0.4, -0.2) is 28.4 Å². The minimum Gasteiger partial charge on any atom is -0.469 e. The van der Waals surface area contributed by atoms with Crippen LogP contribution in [0, 0.1) is 0 Å². The number of hydrogen-bond acceptors (Lipinski definition) is 6. The summed E-state index contributed by atoms with van der Waals surface area (Å²) in [5.74, 6) is 0.538. The van der Waals surface area contributed by atoms with Gasteiger partial charge in [0.15, 0.2) is 0 Å². The Balaban J connectivity index is 2.15. The monoisotopic (exact) mass is 204 g/mol. The fourth-order valence-corrected chi connectivity index (χ4v) is 1.98. The van der Waals surface area contributed by atoms with Crippen LogP contribution >= 0.6 is 23.3 Å². The van der Waals surface area contributed by atoms with Crippen LogP contribution in [0.4, 0.5) is 0 Å². The maximum absolute atomic E-state index is 10.7. The average Bonchev–Trinajstić information content (AvgIpc) is 2.57. The summed E-state index contributed by atoms with van der Waals surface area (Å²) >= 11 is 2.90. The molecule has 4 nitrogen and oxygen atoms in total. The molecule has 0 unspecified atom stereocenters. The van der Waals surface area contributed by atoms with Crippen molar-refractivity contribution in [3.05, 3.63) is 6.20 Å². The number of rotatable bonds is 4. The van der Waals surface area contributed by atoms with Gasteiger partial charge in [-0.2, -0.15) is 0 Å². The predicted octanol–water partition coefficient (Wildman–Crippen LogP) is 1.19. The summed E-state index contributed by atoms with van der Waals surface area (Å²) in [5, 5.41) is 3.67. The zero-order chi connectivity index (χ0) is 8.81. The van der Waals surface area contributed by atoms with Crippen molar-refractivity contribution in [3.8, 4) is 0 Å². The van der Waals surface area contributed by atoms with Gasteiger partial charge in [-0.3, -0.25) is 4.79 Å². The first-order chi connectivity index (χ1) is 5.83. The Morgan fingerprint density at radius 1 is 1.83 bits per heavy atom. The molecule has 0 aliphatic heterocycles. The fourth-order valence-electron chi connectivity index (χ4n) is 0.559. The number of aromatic nitrogens is 2. The van der Waals surface area contributed by atoms with Gasteiger partial charge in [-0.05, 0) is 11.5 Å². The average molecular weight is 204 g/mol. The molecule has 0 N–H and O–H groups in total. The lowest BCUT2D eigenvalue weighted by atomic mass is 10.5. The number of carbonyl (C=O) groups excluding carboxylic acids is 1. The van der Waals surface area contributed by atoms with Crippen molar-refractivity contribution in [2.75, 3.05) is 12.9 Å². The number of hydrogen-bond donors (Lipinski definition) is 0. The molecule has 1 heterocycles. The number of nitrogens with zero attached hydrogens (tertiary/aromatic N) is 2. The molecule has 6 heteroatoms. The Labute approximate surface area is 78.5 Å². The summed E-state index contributed by atoms with van der Waals surface area (Å²) < 4.78 is 9.21. The second kappa shape index (κ2) is 5.10. The van der Waals surface area contributed by atoms with Crippen molar-refractivity contribution in [3.63, 3.8) is 0 Å². The van der Waals surface area contributed by atoms with Crippen molar-refractivity contribution in [2.45, 2.75) is 10.6 Å². The van der Waals surface area contributed by atoms with Gasteiger partial charge in [-0.15, -0.1) is 16.9 Å². The van der Waals surface area contributed by atoms with E-state index in [1.807, 2.05) is 0 Å². The Morgan fingerprint density at radius 2 is 2.67 bits per heavy atom. The molecule has 0 aromatic carbocycles. The number of esters is 1. The molecule has 0 radical (unpaired) electrons. The van der Waals surface area contributed by atoms with Gasteiger partial charge in [-0.1, -0.05) is 4.49 Å². The lowest BCUT2D eigenvalue weighted by Crippen LogP contribution is -2.00. The number of methoxy groups -OCH3 is 1. The third-order valence-corrected chi connectivity index (χ3v) is 2.96. The maximum Gasteiger partial charge on any atom is 0.306 e. The van der Waals surface area contributed by atoms with E-state index in [2.05, 4.69) is 14.3 Å². The Hall–Kier alpha value is -0.620. The molecule has 0 aliphatic carbocycles. The van der Waals surface area contributed by atoms with E-state index in [9.17, 15) is 4.79 Å². The molecular formula is C6H8N2O2S2. The molecule has 0 fully saturated rings. The third kappa shape index (κ3) is 3.19. The molecule has 0 aliphatic rings. The Kier molecular flexibility index (Phi) is 4.02. The molecule has 0 amide bonds. The fraction of sp³-hybridized carbons (Fsp3) is 0.500. The van der Waals surface area contributed by atoms with Gasteiger partial charge in [0, 0.05) is 5.75 Å². The molecule has 0 spiro atoms. The van der Waals surface area contributed by atoms with Crippen molar-refractivity contribution in [1.29, 1.82) is 0 Å². The summed E-state index contributed by atoms with van der Waals surface area (Å²) in [6.07, 6.45) is 2.12. The van der Waals surface area contributed by atoms with Gasteiger partial charge in [0.2, 0.25) is 0 Å². The van der Waals surface area contributed by atoms with Crippen LogP contribution in [0.5, 0.6) is 0 Å². The van der Waals surface area contributed by atoms with E-state index in [-0.39, 0.29) is 5.97 Å². The SMILES string of the molecule is COC(=O)CCSc1cnns1. The standard InChI is InChI=1S/C6H8N2O2S2/c1-10-5(9)2-3-11-6-4-7-8-12-6/h4H,2-3H2,1H3. The topological polar surface area (TPSA) is 52.1 Å². The summed E-state index contributed by atoms with van der Waals surface area (Å²) in [7, 11) is 1.39. The van der Waals surface area contributed by atoms with E-state index in [1.54, 1.807) is 18.0 Å². The van der Waals surface area contributed by atoms with Crippen LogP contribution in [-0.2, 0) is 9.53 Å². The normalized spacial score (nSPS) is 9.75. The van der Waals surface area contributed by atoms with Crippen LogP contribution in [0.15, 0.2) is 10.4 Å². The molecule has 1 rings (SSSR count). The van der Waals surface area contributed by atoms with Gasteiger partial charge >= 0.3 is 5.97 Å². The molecule has 66 valence electrons. The molecule has 1 aromatic rings. The largest absolute Gasteiger partial charge is 0.469 e. The van der Waals surface area contributed by atoms with Crippen LogP contribution in [0.2, 0.25) is 0 Å². The van der Waals surface area contributed by atoms with Crippen LogP contribution < -0.4 is 0 Å². The van der Waals surface area contributed by atoms with Crippen molar-refractivity contribution >= 4 is 29.3 Å². The first kappa shape index (κ1) is 9.47. The van der Waals surface area contributed by atoms with Crippen molar-refractivity contribution < 1.29 is 9.53 Å². The zero-order valence-electron chi connectivity index (χ0n) is 6.52. The summed E-state index contributed by atoms with van der Waals surface area (Å²) in [6.45, 7) is 0. The van der Waals surface area contributed by atoms with Crippen LogP contribution in [0.25, 0.3) is 0 Å². The van der Waals surface area contributed by atoms with Gasteiger partial charge < -0.3 is 4.74 Å². The summed E-state index contributed by atoms with van der Waals surface area (Å²) in [4.78, 5) is 10.7. The molecule has 0 bridgehead atoms. The van der Waals surface area contributed by atoms with E-state index in [4.69, 9.17) is 0 Å². The van der Waals surface area contributed by atoms with E-state index in [1.165, 1.54) is 18.6 Å². The Morgan fingerprint density at radius 3 is 3.25 bits per heavy atom. The Bertz CT molecular complexity index is 238. The number of thioether (sulfide) groups is 1. The lowest BCUT2D eigenvalue weighted by molar-refractivity contribution is -0.140. The predicted molar refractivity (Wildman–Crippen MR) is 47.3 cm³/mol. The molecule has 12 heavy (non-hydrogen) atoms. The first-order valence-corrected chi connectivity index (χ1v) is 5.06. The first-order valence-electron chi connectivity index (χ1n) is 3.30. The minimum absolute atomic E-state index is 0.181. The van der Waals surface area contributed by atoms with E-state index >= 15 is 0 Å². The number of carbonyl (C=O) groups is 1. The molecule has 0 atom stereocenters. The van der Waals surface area contributed by atoms with Gasteiger partial charge in [0.1, 0.15) is 4.21 Å². The maximum atomic E-state index is 10.7. The molecule has 1 aromatic heterocycles. The molecule has 0 saturated heterocycles. The molecular weight excluding hydrogens is 196 g/mol. The highest BCUT2D eigenvalue weighted by atomic mass is 32.2. The highest BCUT2D eigenvalue weighted by Gasteiger charge is 2.01. The summed E-state index contributed by atoms with van der Waals surface area (Å²) in [5.41, 5.74) is 0. The van der Waals surface area contributed by atoms with Crippen LogP contribution in [0.3, 0.4) is 0 Å². The van der Waals surface area contributed by atoms with Crippen molar-refractivity contribution in [2.24, 2.45) is 0 Å². The van der Waals surface area contributed by atoms with Gasteiger partial charge in [0.05, 0.1) is 19.7 Å². The van der Waals surface area contributed by atoms with Crippen molar-refractivity contribution in [1.82, 2.24) is 9.59 Å². The minimum atomic E-state index is -0.181. The highest BCUT2D eigenvalue weighted by molar-refractivity contribution is 8.01.